The van der Waals surface area contributed by atoms with E-state index in [0.717, 1.165) is 22.5 Å². The molecular weight excluding hydrogens is 296 g/mol. The highest BCUT2D eigenvalue weighted by Crippen LogP contribution is 2.28. The summed E-state index contributed by atoms with van der Waals surface area (Å²) in [5, 5.41) is 9.17. The molecule has 108 valence electrons. The highest BCUT2D eigenvalue weighted by molar-refractivity contribution is 7.91. The predicted octanol–water partition coefficient (Wildman–Crippen LogP) is 1.76. The third kappa shape index (κ3) is 3.06. The van der Waals surface area contributed by atoms with Crippen molar-refractivity contribution in [1.29, 1.82) is 0 Å². The van der Waals surface area contributed by atoms with Gasteiger partial charge in [0.05, 0.1) is 6.61 Å². The number of rotatable bonds is 5. The molecule has 2 aromatic heterocycles. The summed E-state index contributed by atoms with van der Waals surface area (Å²) in [5.41, 5.74) is 1.63. The number of nitrogens with zero attached hydrogens (tertiary/aromatic N) is 2. The summed E-state index contributed by atoms with van der Waals surface area (Å²) in [5.74, 6) is 0. The smallest absolute Gasteiger partial charge is 0.252 e. The van der Waals surface area contributed by atoms with Gasteiger partial charge >= 0.3 is 0 Å². The van der Waals surface area contributed by atoms with Crippen LogP contribution in [-0.4, -0.2) is 29.9 Å². The Labute approximate surface area is 122 Å². The van der Waals surface area contributed by atoms with E-state index >= 15 is 0 Å². The van der Waals surface area contributed by atoms with Gasteiger partial charge in [-0.3, -0.25) is 4.98 Å². The average molecular weight is 312 g/mol. The Morgan fingerprint density at radius 1 is 1.45 bits per heavy atom. The lowest BCUT2D eigenvalue weighted by atomic mass is 10.3. The summed E-state index contributed by atoms with van der Waals surface area (Å²) in [4.78, 5) is 4.65. The van der Waals surface area contributed by atoms with Crippen molar-refractivity contribution < 1.29 is 13.5 Å². The molecule has 0 aromatic carbocycles. The molecule has 0 aliphatic carbocycles. The second kappa shape index (κ2) is 6.01. The van der Waals surface area contributed by atoms with Crippen molar-refractivity contribution in [1.82, 2.24) is 9.29 Å². The van der Waals surface area contributed by atoms with Gasteiger partial charge in [-0.2, -0.15) is 4.31 Å². The molecule has 0 unspecified atom stereocenters. The van der Waals surface area contributed by atoms with Gasteiger partial charge in [0.1, 0.15) is 4.21 Å². The van der Waals surface area contributed by atoms with Crippen LogP contribution in [0.5, 0.6) is 0 Å². The minimum absolute atomic E-state index is 0.141. The molecule has 0 amide bonds. The van der Waals surface area contributed by atoms with Gasteiger partial charge in [0.25, 0.3) is 10.0 Å². The standard InChI is InChI=1S/C13H16N2O3S2/c1-10-6-13(19-12(10)9-16)20(17,18)15(2)8-11-4-3-5-14-7-11/h3-7,16H,8-9H2,1-2H3. The van der Waals surface area contributed by atoms with Crippen LogP contribution in [0.15, 0.2) is 34.8 Å². The van der Waals surface area contributed by atoms with Crippen molar-refractivity contribution in [3.63, 3.8) is 0 Å². The van der Waals surface area contributed by atoms with E-state index in [4.69, 9.17) is 5.11 Å². The average Bonchev–Trinajstić information content (AvgIpc) is 2.81. The Morgan fingerprint density at radius 2 is 2.20 bits per heavy atom. The first-order chi connectivity index (χ1) is 9.45. The second-order valence-corrected chi connectivity index (χ2v) is 7.86. The number of aromatic nitrogens is 1. The lowest BCUT2D eigenvalue weighted by molar-refractivity contribution is 0.285. The van der Waals surface area contributed by atoms with E-state index in [2.05, 4.69) is 4.98 Å². The highest BCUT2D eigenvalue weighted by Gasteiger charge is 2.24. The zero-order chi connectivity index (χ0) is 14.8. The van der Waals surface area contributed by atoms with Gasteiger partial charge in [0, 0.05) is 30.9 Å². The Morgan fingerprint density at radius 3 is 2.75 bits per heavy atom. The molecule has 0 radical (unpaired) electrons. The lowest BCUT2D eigenvalue weighted by Crippen LogP contribution is -2.25. The van der Waals surface area contributed by atoms with Crippen LogP contribution in [0.3, 0.4) is 0 Å². The summed E-state index contributed by atoms with van der Waals surface area (Å²) >= 11 is 1.11. The molecule has 0 saturated heterocycles. The first-order valence-electron chi connectivity index (χ1n) is 6.00. The van der Waals surface area contributed by atoms with Gasteiger partial charge in [-0.25, -0.2) is 8.42 Å². The third-order valence-electron chi connectivity index (χ3n) is 2.93. The Balaban J connectivity index is 2.25. The molecule has 2 aromatic rings. The third-order valence-corrected chi connectivity index (χ3v) is 6.41. The first kappa shape index (κ1) is 15.1. The van der Waals surface area contributed by atoms with Gasteiger partial charge in [0.15, 0.2) is 0 Å². The number of aliphatic hydroxyl groups is 1. The summed E-state index contributed by atoms with van der Waals surface area (Å²) in [6, 6.07) is 5.21. The molecule has 1 N–H and O–H groups in total. The minimum atomic E-state index is -3.54. The monoisotopic (exact) mass is 312 g/mol. The molecule has 0 saturated carbocycles. The van der Waals surface area contributed by atoms with Gasteiger partial charge in [-0.15, -0.1) is 11.3 Å². The molecule has 5 nitrogen and oxygen atoms in total. The molecule has 0 atom stereocenters. The van der Waals surface area contributed by atoms with E-state index in [1.54, 1.807) is 31.5 Å². The molecule has 0 bridgehead atoms. The quantitative estimate of drug-likeness (QED) is 0.913. The Bertz CT molecular complexity index is 681. The molecule has 20 heavy (non-hydrogen) atoms. The molecule has 0 fully saturated rings. The summed E-state index contributed by atoms with van der Waals surface area (Å²) in [6.45, 7) is 1.92. The second-order valence-electron chi connectivity index (χ2n) is 4.45. The number of hydrogen-bond donors (Lipinski definition) is 1. The van der Waals surface area contributed by atoms with Crippen LogP contribution in [0.2, 0.25) is 0 Å². The van der Waals surface area contributed by atoms with E-state index in [9.17, 15) is 8.42 Å². The van der Waals surface area contributed by atoms with Crippen molar-refractivity contribution in [3.8, 4) is 0 Å². The van der Waals surface area contributed by atoms with Crippen molar-refractivity contribution in [3.05, 3.63) is 46.6 Å². The number of pyridine rings is 1. The van der Waals surface area contributed by atoms with E-state index < -0.39 is 10.0 Å². The van der Waals surface area contributed by atoms with Crippen LogP contribution in [0.4, 0.5) is 0 Å². The largest absolute Gasteiger partial charge is 0.391 e. The molecule has 7 heteroatoms. The first-order valence-corrected chi connectivity index (χ1v) is 8.26. The molecule has 2 heterocycles. The van der Waals surface area contributed by atoms with E-state index in [0.29, 0.717) is 4.88 Å². The number of sulfonamides is 1. The fourth-order valence-electron chi connectivity index (χ4n) is 1.76. The lowest BCUT2D eigenvalue weighted by Gasteiger charge is -2.15. The van der Waals surface area contributed by atoms with Crippen LogP contribution >= 0.6 is 11.3 Å². The fourth-order valence-corrected chi connectivity index (χ4v) is 4.58. The van der Waals surface area contributed by atoms with Gasteiger partial charge in [-0.1, -0.05) is 6.07 Å². The van der Waals surface area contributed by atoms with Gasteiger partial charge < -0.3 is 5.11 Å². The maximum absolute atomic E-state index is 12.5. The van der Waals surface area contributed by atoms with Crippen LogP contribution in [0.25, 0.3) is 0 Å². The highest BCUT2D eigenvalue weighted by atomic mass is 32.2. The Kier molecular flexibility index (Phi) is 4.54. The fraction of sp³-hybridized carbons (Fsp3) is 0.308. The van der Waals surface area contributed by atoms with Crippen LogP contribution in [0, 0.1) is 6.92 Å². The molecule has 0 spiro atoms. The van der Waals surface area contributed by atoms with E-state index in [-0.39, 0.29) is 17.4 Å². The predicted molar refractivity (Wildman–Crippen MR) is 77.9 cm³/mol. The summed E-state index contributed by atoms with van der Waals surface area (Å²) in [6.07, 6.45) is 3.29. The summed E-state index contributed by atoms with van der Waals surface area (Å²) < 4.78 is 26.4. The topological polar surface area (TPSA) is 70.5 Å². The van der Waals surface area contributed by atoms with Crippen molar-refractivity contribution in [2.75, 3.05) is 7.05 Å². The maximum Gasteiger partial charge on any atom is 0.252 e. The zero-order valence-corrected chi connectivity index (χ0v) is 12.9. The zero-order valence-electron chi connectivity index (χ0n) is 11.3. The number of hydrogen-bond acceptors (Lipinski definition) is 5. The molecule has 0 aliphatic heterocycles. The molecular formula is C13H16N2O3S2. The van der Waals surface area contributed by atoms with E-state index in [1.807, 2.05) is 6.07 Å². The van der Waals surface area contributed by atoms with Gasteiger partial charge in [-0.05, 0) is 30.2 Å². The van der Waals surface area contributed by atoms with E-state index in [1.165, 1.54) is 11.4 Å². The van der Waals surface area contributed by atoms with Crippen molar-refractivity contribution in [2.24, 2.45) is 0 Å². The van der Waals surface area contributed by atoms with Crippen molar-refractivity contribution in [2.45, 2.75) is 24.3 Å². The maximum atomic E-state index is 12.5. The molecule has 0 aliphatic rings. The normalized spacial score (nSPS) is 12.0. The van der Waals surface area contributed by atoms with Crippen LogP contribution in [-0.2, 0) is 23.2 Å². The van der Waals surface area contributed by atoms with Crippen LogP contribution in [0.1, 0.15) is 16.0 Å². The molecule has 2 rings (SSSR count). The minimum Gasteiger partial charge on any atom is -0.391 e. The van der Waals surface area contributed by atoms with Gasteiger partial charge in [0.2, 0.25) is 0 Å². The van der Waals surface area contributed by atoms with Crippen LogP contribution < -0.4 is 0 Å². The Hall–Kier alpha value is -1.28. The number of aliphatic hydroxyl groups excluding tert-OH is 1. The number of thiophene rings is 1. The number of aryl methyl sites for hydroxylation is 1. The summed E-state index contributed by atoms with van der Waals surface area (Å²) in [7, 11) is -2.00. The van der Waals surface area contributed by atoms with Crippen molar-refractivity contribution >= 4 is 21.4 Å². The SMILES string of the molecule is Cc1cc(S(=O)(=O)N(C)Cc2cccnc2)sc1CO.